The van der Waals surface area contributed by atoms with Crippen molar-refractivity contribution in [3.05, 3.63) is 81.7 Å². The highest BCUT2D eigenvalue weighted by Crippen LogP contribution is 2.24. The lowest BCUT2D eigenvalue weighted by Gasteiger charge is -2.02. The van der Waals surface area contributed by atoms with Gasteiger partial charge in [-0.25, -0.2) is 4.98 Å². The number of pyridine rings is 2. The molecule has 0 unspecified atom stereocenters. The van der Waals surface area contributed by atoms with Crippen LogP contribution in [0.5, 0.6) is 0 Å². The molecule has 22 heavy (non-hydrogen) atoms. The molecule has 0 aliphatic heterocycles. The molecule has 0 spiro atoms. The second-order valence-corrected chi connectivity index (χ2v) is 5.65. The van der Waals surface area contributed by atoms with E-state index in [1.165, 1.54) is 5.56 Å². The van der Waals surface area contributed by atoms with Gasteiger partial charge in [0.2, 0.25) is 0 Å². The number of aryl methyl sites for hydroxylation is 1. The summed E-state index contributed by atoms with van der Waals surface area (Å²) in [5, 5.41) is 1.54. The van der Waals surface area contributed by atoms with Crippen molar-refractivity contribution in [3.63, 3.8) is 0 Å². The summed E-state index contributed by atoms with van der Waals surface area (Å²) in [6.07, 6.45) is 3.34. The minimum absolute atomic E-state index is 0.356. The number of hydrogen-bond acceptors (Lipinski definition) is 2. The van der Waals surface area contributed by atoms with Crippen LogP contribution < -0.4 is 0 Å². The maximum atomic E-state index is 6.04. The molecule has 3 rings (SSSR count). The van der Waals surface area contributed by atoms with Gasteiger partial charge in [-0.1, -0.05) is 64.6 Å². The molecule has 0 saturated carbocycles. The Hall–Kier alpha value is -1.61. The van der Waals surface area contributed by atoms with Crippen LogP contribution in [0.25, 0.3) is 11.3 Å². The minimum atomic E-state index is 0.356. The molecule has 3 aromatic rings. The predicted octanol–water partition coefficient (Wildman–Crippen LogP) is 6.10. The third-order valence-corrected chi connectivity index (χ3v) is 3.80. The molecule has 0 N–H and O–H groups in total. The van der Waals surface area contributed by atoms with E-state index in [9.17, 15) is 0 Å². The Balaban J connectivity index is 0.000000188. The molecular weight excluding hydrogens is 339 g/mol. The van der Waals surface area contributed by atoms with Crippen LogP contribution in [0.2, 0.25) is 15.2 Å². The van der Waals surface area contributed by atoms with Crippen molar-refractivity contribution < 1.29 is 0 Å². The van der Waals surface area contributed by atoms with E-state index in [0.717, 1.165) is 11.3 Å². The van der Waals surface area contributed by atoms with Gasteiger partial charge in [0.1, 0.15) is 5.15 Å². The first kappa shape index (κ1) is 16.8. The summed E-state index contributed by atoms with van der Waals surface area (Å²) in [4.78, 5) is 7.96. The van der Waals surface area contributed by atoms with E-state index < -0.39 is 0 Å². The summed E-state index contributed by atoms with van der Waals surface area (Å²) < 4.78 is 0. The second-order valence-electron chi connectivity index (χ2n) is 4.48. The fraction of sp³-hybridized carbons (Fsp3) is 0.0588. The first-order chi connectivity index (χ1) is 10.6. The van der Waals surface area contributed by atoms with Crippen LogP contribution in [0, 0.1) is 6.92 Å². The first-order valence-corrected chi connectivity index (χ1v) is 7.65. The van der Waals surface area contributed by atoms with Crippen molar-refractivity contribution in [2.24, 2.45) is 0 Å². The normalized spacial score (nSPS) is 9.82. The van der Waals surface area contributed by atoms with E-state index in [0.29, 0.717) is 15.2 Å². The van der Waals surface area contributed by atoms with Crippen molar-refractivity contribution in [1.82, 2.24) is 9.97 Å². The maximum Gasteiger partial charge on any atom is 0.147 e. The van der Waals surface area contributed by atoms with Crippen LogP contribution in [0.4, 0.5) is 0 Å². The SMILES string of the molecule is Cc1ccc(-c2ncccc2Cl)cc1.Clc1cccnc1Cl. The topological polar surface area (TPSA) is 25.8 Å². The van der Waals surface area contributed by atoms with Gasteiger partial charge in [0, 0.05) is 18.0 Å². The average molecular weight is 352 g/mol. The monoisotopic (exact) mass is 350 g/mol. The molecule has 5 heteroatoms. The largest absolute Gasteiger partial charge is 0.255 e. The molecule has 0 aliphatic rings. The highest BCUT2D eigenvalue weighted by Gasteiger charge is 2.02. The summed E-state index contributed by atoms with van der Waals surface area (Å²) in [5.41, 5.74) is 3.14. The van der Waals surface area contributed by atoms with Gasteiger partial charge in [0.05, 0.1) is 15.7 Å². The van der Waals surface area contributed by atoms with Crippen molar-refractivity contribution in [3.8, 4) is 11.3 Å². The van der Waals surface area contributed by atoms with Crippen LogP contribution in [-0.4, -0.2) is 9.97 Å². The molecule has 0 saturated heterocycles. The Morgan fingerprint density at radius 2 is 1.32 bits per heavy atom. The Morgan fingerprint density at radius 3 is 1.82 bits per heavy atom. The highest BCUT2D eigenvalue weighted by molar-refractivity contribution is 6.41. The number of rotatable bonds is 1. The number of benzene rings is 1. The zero-order chi connectivity index (χ0) is 15.9. The molecule has 0 fully saturated rings. The van der Waals surface area contributed by atoms with Crippen LogP contribution in [0.1, 0.15) is 5.56 Å². The molecule has 0 amide bonds. The number of aromatic nitrogens is 2. The van der Waals surface area contributed by atoms with Gasteiger partial charge in [-0.05, 0) is 31.2 Å². The molecular formula is C17H13Cl3N2. The third-order valence-electron chi connectivity index (χ3n) is 2.80. The molecule has 112 valence electrons. The fourth-order valence-corrected chi connectivity index (χ4v) is 2.15. The zero-order valence-corrected chi connectivity index (χ0v) is 14.1. The van der Waals surface area contributed by atoms with Gasteiger partial charge in [-0.2, -0.15) is 0 Å². The lowest BCUT2D eigenvalue weighted by molar-refractivity contribution is 1.32. The van der Waals surface area contributed by atoms with Gasteiger partial charge in [-0.15, -0.1) is 0 Å². The Bertz CT molecular complexity index is 722. The molecule has 0 atom stereocenters. The van der Waals surface area contributed by atoms with Gasteiger partial charge in [0.25, 0.3) is 0 Å². The van der Waals surface area contributed by atoms with Gasteiger partial charge in [-0.3, -0.25) is 4.98 Å². The van der Waals surface area contributed by atoms with Crippen LogP contribution >= 0.6 is 34.8 Å². The molecule has 1 aromatic carbocycles. The van der Waals surface area contributed by atoms with E-state index in [2.05, 4.69) is 29.0 Å². The summed E-state index contributed by atoms with van der Waals surface area (Å²) in [5.74, 6) is 0. The quantitative estimate of drug-likeness (QED) is 0.495. The van der Waals surface area contributed by atoms with Gasteiger partial charge >= 0.3 is 0 Å². The van der Waals surface area contributed by atoms with E-state index >= 15 is 0 Å². The van der Waals surface area contributed by atoms with Gasteiger partial charge < -0.3 is 0 Å². The molecule has 0 aliphatic carbocycles. The number of hydrogen-bond donors (Lipinski definition) is 0. The number of nitrogens with zero attached hydrogens (tertiary/aromatic N) is 2. The lowest BCUT2D eigenvalue weighted by Crippen LogP contribution is -1.83. The Kier molecular flexibility index (Phi) is 6.20. The van der Waals surface area contributed by atoms with Crippen LogP contribution in [0.15, 0.2) is 60.9 Å². The predicted molar refractivity (Wildman–Crippen MR) is 93.7 cm³/mol. The maximum absolute atomic E-state index is 6.04. The van der Waals surface area contributed by atoms with E-state index in [-0.39, 0.29) is 0 Å². The highest BCUT2D eigenvalue weighted by atomic mass is 35.5. The van der Waals surface area contributed by atoms with E-state index in [1.807, 2.05) is 24.3 Å². The van der Waals surface area contributed by atoms with Crippen LogP contribution in [0.3, 0.4) is 0 Å². The standard InChI is InChI=1S/C12H10ClN.C5H3Cl2N/c1-9-4-6-10(7-5-9)12-11(13)3-2-8-14-12;6-4-2-1-3-8-5(4)7/h2-8H,1H3;1-3H. The smallest absolute Gasteiger partial charge is 0.147 e. The van der Waals surface area contributed by atoms with Crippen molar-refractivity contribution in [2.75, 3.05) is 0 Å². The second kappa shape index (κ2) is 8.14. The van der Waals surface area contributed by atoms with Crippen molar-refractivity contribution >= 4 is 34.8 Å². The van der Waals surface area contributed by atoms with Gasteiger partial charge in [0.15, 0.2) is 0 Å². The Labute approximate surface area is 144 Å². The zero-order valence-electron chi connectivity index (χ0n) is 11.8. The fourth-order valence-electron chi connectivity index (χ4n) is 1.68. The lowest BCUT2D eigenvalue weighted by atomic mass is 10.1. The molecule has 0 bridgehead atoms. The summed E-state index contributed by atoms with van der Waals surface area (Å²) >= 11 is 17.0. The molecule has 2 heterocycles. The average Bonchev–Trinajstić information content (AvgIpc) is 2.52. The summed E-state index contributed by atoms with van der Waals surface area (Å²) in [7, 11) is 0. The number of halogens is 3. The summed E-state index contributed by atoms with van der Waals surface area (Å²) in [6, 6.07) is 15.3. The van der Waals surface area contributed by atoms with Crippen molar-refractivity contribution in [2.45, 2.75) is 6.92 Å². The molecule has 0 radical (unpaired) electrons. The van der Waals surface area contributed by atoms with Crippen molar-refractivity contribution in [1.29, 1.82) is 0 Å². The molecule has 2 aromatic heterocycles. The van der Waals surface area contributed by atoms with E-state index in [4.69, 9.17) is 34.8 Å². The first-order valence-electron chi connectivity index (χ1n) is 6.51. The van der Waals surface area contributed by atoms with Crippen LogP contribution in [-0.2, 0) is 0 Å². The molecule has 2 nitrogen and oxygen atoms in total. The summed E-state index contributed by atoms with van der Waals surface area (Å²) in [6.45, 7) is 2.06. The Morgan fingerprint density at radius 1 is 0.727 bits per heavy atom. The van der Waals surface area contributed by atoms with E-state index in [1.54, 1.807) is 24.5 Å². The third kappa shape index (κ3) is 4.70. The minimum Gasteiger partial charge on any atom is -0.255 e.